The van der Waals surface area contributed by atoms with Crippen molar-refractivity contribution >= 4 is 5.97 Å². The summed E-state index contributed by atoms with van der Waals surface area (Å²) < 4.78 is 0. The molecule has 1 saturated carbocycles. The zero-order valence-electron chi connectivity index (χ0n) is 12.4. The smallest absolute Gasteiger partial charge is 0.354 e. The van der Waals surface area contributed by atoms with Crippen LogP contribution in [0.3, 0.4) is 0 Å². The van der Waals surface area contributed by atoms with Crippen LogP contribution in [0.1, 0.15) is 41.7 Å². The highest BCUT2D eigenvalue weighted by molar-refractivity contribution is 5.86. The molecule has 0 unspecified atom stereocenters. The summed E-state index contributed by atoms with van der Waals surface area (Å²) in [7, 11) is 0. The Labute approximate surface area is 125 Å². The SMILES string of the molecule is O=C(O)c1ncccc1CN1CCN(C2CCCC2)CC1. The molecule has 2 aliphatic rings. The van der Waals surface area contributed by atoms with E-state index in [0.717, 1.165) is 37.8 Å². The molecule has 1 aliphatic heterocycles. The van der Waals surface area contributed by atoms with Gasteiger partial charge in [-0.2, -0.15) is 0 Å². The summed E-state index contributed by atoms with van der Waals surface area (Å²) in [6, 6.07) is 4.48. The number of rotatable bonds is 4. The standard InChI is InChI=1S/C16H23N3O2/c20-16(21)15-13(4-3-7-17-15)12-18-8-10-19(11-9-18)14-5-1-2-6-14/h3-4,7,14H,1-2,5-6,8-12H2,(H,20,21). The maximum Gasteiger partial charge on any atom is 0.354 e. The number of hydrogen-bond acceptors (Lipinski definition) is 4. The van der Waals surface area contributed by atoms with E-state index in [2.05, 4.69) is 14.8 Å². The first-order chi connectivity index (χ1) is 10.2. The Balaban J connectivity index is 1.57. The minimum Gasteiger partial charge on any atom is -0.477 e. The lowest BCUT2D eigenvalue weighted by atomic mass is 10.1. The van der Waals surface area contributed by atoms with Crippen LogP contribution in [0.2, 0.25) is 0 Å². The van der Waals surface area contributed by atoms with Gasteiger partial charge in [0.2, 0.25) is 0 Å². The lowest BCUT2D eigenvalue weighted by Gasteiger charge is -2.38. The van der Waals surface area contributed by atoms with Crippen LogP contribution in [0.25, 0.3) is 0 Å². The van der Waals surface area contributed by atoms with Crippen LogP contribution in [-0.4, -0.2) is 58.1 Å². The molecule has 3 rings (SSSR count). The first-order valence-corrected chi connectivity index (χ1v) is 7.87. The molecule has 1 aliphatic carbocycles. The zero-order valence-corrected chi connectivity index (χ0v) is 12.4. The number of aromatic nitrogens is 1. The van der Waals surface area contributed by atoms with Crippen LogP contribution in [-0.2, 0) is 6.54 Å². The van der Waals surface area contributed by atoms with Crippen LogP contribution in [0.15, 0.2) is 18.3 Å². The number of carboxylic acid groups (broad SMARTS) is 1. The number of hydrogen-bond donors (Lipinski definition) is 1. The Morgan fingerprint density at radius 2 is 1.95 bits per heavy atom. The first kappa shape index (κ1) is 14.5. The van der Waals surface area contributed by atoms with Gasteiger partial charge in [-0.05, 0) is 24.5 Å². The molecule has 1 aromatic heterocycles. The van der Waals surface area contributed by atoms with Crippen LogP contribution >= 0.6 is 0 Å². The molecule has 0 amide bonds. The summed E-state index contributed by atoms with van der Waals surface area (Å²) in [6.07, 6.45) is 7.01. The number of aromatic carboxylic acids is 1. The summed E-state index contributed by atoms with van der Waals surface area (Å²) in [6.45, 7) is 4.93. The van der Waals surface area contributed by atoms with Gasteiger partial charge in [0, 0.05) is 45.0 Å². The molecule has 0 spiro atoms. The Bertz CT molecular complexity index is 492. The Hall–Kier alpha value is -1.46. The highest BCUT2D eigenvalue weighted by Crippen LogP contribution is 2.24. The second-order valence-electron chi connectivity index (χ2n) is 6.07. The molecule has 5 nitrogen and oxygen atoms in total. The quantitative estimate of drug-likeness (QED) is 0.916. The second-order valence-corrected chi connectivity index (χ2v) is 6.07. The monoisotopic (exact) mass is 289 g/mol. The summed E-state index contributed by atoms with van der Waals surface area (Å²) in [5.74, 6) is -0.935. The van der Waals surface area contributed by atoms with Gasteiger partial charge in [-0.15, -0.1) is 0 Å². The number of pyridine rings is 1. The van der Waals surface area contributed by atoms with E-state index in [1.54, 1.807) is 6.20 Å². The number of carbonyl (C=O) groups is 1. The van der Waals surface area contributed by atoms with E-state index in [4.69, 9.17) is 0 Å². The predicted octanol–water partition coefficient (Wildman–Crippen LogP) is 1.84. The van der Waals surface area contributed by atoms with Gasteiger partial charge in [-0.25, -0.2) is 9.78 Å². The molecule has 0 bridgehead atoms. The number of carboxylic acids is 1. The molecule has 0 atom stereocenters. The number of nitrogens with zero attached hydrogens (tertiary/aromatic N) is 3. The van der Waals surface area contributed by atoms with E-state index < -0.39 is 5.97 Å². The minimum atomic E-state index is -0.935. The lowest BCUT2D eigenvalue weighted by Crippen LogP contribution is -2.49. The average Bonchev–Trinajstić information content (AvgIpc) is 3.03. The van der Waals surface area contributed by atoms with Gasteiger partial charge in [0.25, 0.3) is 0 Å². The normalized spacial score (nSPS) is 21.7. The molecular weight excluding hydrogens is 266 g/mol. The minimum absolute atomic E-state index is 0.190. The third kappa shape index (κ3) is 3.41. The predicted molar refractivity (Wildman–Crippen MR) is 80.3 cm³/mol. The van der Waals surface area contributed by atoms with Crippen LogP contribution < -0.4 is 0 Å². The van der Waals surface area contributed by atoms with Gasteiger partial charge in [-0.1, -0.05) is 18.9 Å². The zero-order chi connectivity index (χ0) is 14.7. The fourth-order valence-corrected chi connectivity index (χ4v) is 3.56. The molecular formula is C16H23N3O2. The van der Waals surface area contributed by atoms with E-state index >= 15 is 0 Å². The molecule has 1 aromatic rings. The summed E-state index contributed by atoms with van der Waals surface area (Å²) in [5, 5.41) is 9.19. The maximum atomic E-state index is 11.2. The van der Waals surface area contributed by atoms with E-state index in [9.17, 15) is 9.90 Å². The third-order valence-corrected chi connectivity index (χ3v) is 4.74. The molecule has 5 heteroatoms. The molecule has 0 aromatic carbocycles. The summed E-state index contributed by atoms with van der Waals surface area (Å²) >= 11 is 0. The Kier molecular flexibility index (Phi) is 4.51. The van der Waals surface area contributed by atoms with E-state index in [0.29, 0.717) is 6.54 Å². The van der Waals surface area contributed by atoms with Crippen molar-refractivity contribution in [3.8, 4) is 0 Å². The Morgan fingerprint density at radius 3 is 2.62 bits per heavy atom. The van der Waals surface area contributed by atoms with Crippen molar-refractivity contribution in [1.29, 1.82) is 0 Å². The van der Waals surface area contributed by atoms with Crippen molar-refractivity contribution < 1.29 is 9.90 Å². The van der Waals surface area contributed by atoms with E-state index in [1.165, 1.54) is 25.7 Å². The number of piperazine rings is 1. The average molecular weight is 289 g/mol. The second kappa shape index (κ2) is 6.54. The van der Waals surface area contributed by atoms with Crippen LogP contribution in [0.4, 0.5) is 0 Å². The van der Waals surface area contributed by atoms with Gasteiger partial charge in [0.1, 0.15) is 0 Å². The van der Waals surface area contributed by atoms with Crippen molar-refractivity contribution in [1.82, 2.24) is 14.8 Å². The molecule has 2 fully saturated rings. The highest BCUT2D eigenvalue weighted by Gasteiger charge is 2.26. The van der Waals surface area contributed by atoms with Gasteiger partial charge in [0.05, 0.1) is 0 Å². The van der Waals surface area contributed by atoms with Crippen molar-refractivity contribution in [3.05, 3.63) is 29.6 Å². The van der Waals surface area contributed by atoms with Crippen molar-refractivity contribution in [2.45, 2.75) is 38.3 Å². The molecule has 1 saturated heterocycles. The summed E-state index contributed by atoms with van der Waals surface area (Å²) in [4.78, 5) is 20.1. The Morgan fingerprint density at radius 1 is 1.24 bits per heavy atom. The van der Waals surface area contributed by atoms with Crippen molar-refractivity contribution in [3.63, 3.8) is 0 Å². The summed E-state index contributed by atoms with van der Waals surface area (Å²) in [5.41, 5.74) is 1.01. The fraction of sp³-hybridized carbons (Fsp3) is 0.625. The van der Waals surface area contributed by atoms with Gasteiger partial charge >= 0.3 is 5.97 Å². The van der Waals surface area contributed by atoms with E-state index in [1.807, 2.05) is 12.1 Å². The molecule has 2 heterocycles. The van der Waals surface area contributed by atoms with Crippen LogP contribution in [0, 0.1) is 0 Å². The first-order valence-electron chi connectivity index (χ1n) is 7.87. The van der Waals surface area contributed by atoms with Gasteiger partial charge < -0.3 is 5.11 Å². The lowest BCUT2D eigenvalue weighted by molar-refractivity contribution is 0.0683. The molecule has 1 N–H and O–H groups in total. The molecule has 0 radical (unpaired) electrons. The van der Waals surface area contributed by atoms with Gasteiger partial charge in [0.15, 0.2) is 5.69 Å². The van der Waals surface area contributed by atoms with Gasteiger partial charge in [-0.3, -0.25) is 9.80 Å². The highest BCUT2D eigenvalue weighted by atomic mass is 16.4. The van der Waals surface area contributed by atoms with Crippen LogP contribution in [0.5, 0.6) is 0 Å². The largest absolute Gasteiger partial charge is 0.477 e. The fourth-order valence-electron chi connectivity index (χ4n) is 3.56. The maximum absolute atomic E-state index is 11.2. The van der Waals surface area contributed by atoms with Crippen molar-refractivity contribution in [2.24, 2.45) is 0 Å². The topological polar surface area (TPSA) is 56.7 Å². The molecule has 21 heavy (non-hydrogen) atoms. The molecule has 114 valence electrons. The third-order valence-electron chi connectivity index (χ3n) is 4.74. The van der Waals surface area contributed by atoms with Crippen molar-refractivity contribution in [2.75, 3.05) is 26.2 Å². The van der Waals surface area contributed by atoms with E-state index in [-0.39, 0.29) is 5.69 Å².